The van der Waals surface area contributed by atoms with E-state index in [-0.39, 0.29) is 18.6 Å². The van der Waals surface area contributed by atoms with Crippen molar-refractivity contribution in [1.82, 2.24) is 5.32 Å². The molecular weight excluding hydrogens is 414 g/mol. The van der Waals surface area contributed by atoms with Gasteiger partial charge in [-0.2, -0.15) is 0 Å². The number of halogens is 2. The van der Waals surface area contributed by atoms with Gasteiger partial charge in [0.2, 0.25) is 0 Å². The van der Waals surface area contributed by atoms with Gasteiger partial charge < -0.3 is 10.1 Å². The molecule has 1 amide bonds. The topological polar surface area (TPSA) is 38.3 Å². The van der Waals surface area contributed by atoms with Gasteiger partial charge in [0.05, 0.1) is 11.1 Å². The van der Waals surface area contributed by atoms with Gasteiger partial charge in [0.15, 0.2) is 6.61 Å². The summed E-state index contributed by atoms with van der Waals surface area (Å²) in [5.74, 6) is 0.361. The van der Waals surface area contributed by atoms with E-state index in [2.05, 4.69) is 46.4 Å². The lowest BCUT2D eigenvalue weighted by molar-refractivity contribution is -0.123. The van der Waals surface area contributed by atoms with Crippen LogP contribution in [0.3, 0.4) is 0 Å². The number of hydrogen-bond acceptors (Lipinski definition) is 2. The molecule has 0 spiro atoms. The van der Waals surface area contributed by atoms with Crippen LogP contribution in [-0.4, -0.2) is 12.5 Å². The van der Waals surface area contributed by atoms with Crippen molar-refractivity contribution < 1.29 is 9.53 Å². The number of hydrogen-bond donors (Lipinski definition) is 1. The zero-order valence-electron chi connectivity index (χ0n) is 14.9. The number of fused-ring (bicyclic) bond motifs is 1. The first-order valence-corrected chi connectivity index (χ1v) is 10.2. The summed E-state index contributed by atoms with van der Waals surface area (Å²) >= 11 is 9.47. The lowest BCUT2D eigenvalue weighted by Gasteiger charge is -2.22. The van der Waals surface area contributed by atoms with Crippen LogP contribution in [0.5, 0.6) is 5.75 Å². The number of ether oxygens (including phenoxy) is 1. The van der Waals surface area contributed by atoms with E-state index in [4.69, 9.17) is 16.3 Å². The molecule has 26 heavy (non-hydrogen) atoms. The van der Waals surface area contributed by atoms with E-state index in [1.165, 1.54) is 36.0 Å². The van der Waals surface area contributed by atoms with E-state index in [1.807, 2.05) is 6.07 Å². The van der Waals surface area contributed by atoms with Gasteiger partial charge in [0, 0.05) is 4.47 Å². The molecule has 1 aliphatic carbocycles. The Kier molecular flexibility index (Phi) is 6.60. The monoisotopic (exact) mass is 435 g/mol. The Morgan fingerprint density at radius 3 is 2.69 bits per heavy atom. The zero-order valence-corrected chi connectivity index (χ0v) is 17.2. The number of benzene rings is 2. The summed E-state index contributed by atoms with van der Waals surface area (Å²) in [7, 11) is 0. The highest BCUT2D eigenvalue weighted by Crippen LogP contribution is 2.28. The van der Waals surface area contributed by atoms with Crippen LogP contribution in [0.4, 0.5) is 0 Å². The fourth-order valence-electron chi connectivity index (χ4n) is 3.36. The average Bonchev–Trinajstić information content (AvgIpc) is 2.65. The molecule has 1 atom stereocenters. The van der Waals surface area contributed by atoms with Crippen LogP contribution >= 0.6 is 27.5 Å². The molecular formula is C21H23BrClNO2. The Hall–Kier alpha value is -1.52. The minimum Gasteiger partial charge on any atom is -0.482 e. The summed E-state index contributed by atoms with van der Waals surface area (Å²) < 4.78 is 6.43. The van der Waals surface area contributed by atoms with E-state index in [1.54, 1.807) is 12.1 Å². The largest absolute Gasteiger partial charge is 0.482 e. The minimum absolute atomic E-state index is 0.00119. The molecule has 3 nitrogen and oxygen atoms in total. The predicted molar refractivity (Wildman–Crippen MR) is 109 cm³/mol. The number of amides is 1. The van der Waals surface area contributed by atoms with Crippen molar-refractivity contribution in [1.29, 1.82) is 0 Å². The smallest absolute Gasteiger partial charge is 0.258 e. The van der Waals surface area contributed by atoms with Crippen LogP contribution < -0.4 is 10.1 Å². The van der Waals surface area contributed by atoms with Crippen molar-refractivity contribution in [2.75, 3.05) is 6.61 Å². The molecule has 5 heteroatoms. The van der Waals surface area contributed by atoms with Gasteiger partial charge in [0.25, 0.3) is 5.91 Å². The fourth-order valence-corrected chi connectivity index (χ4v) is 4.09. The summed E-state index contributed by atoms with van der Waals surface area (Å²) in [4.78, 5) is 12.3. The van der Waals surface area contributed by atoms with Crippen molar-refractivity contribution in [3.63, 3.8) is 0 Å². The van der Waals surface area contributed by atoms with E-state index in [0.717, 1.165) is 17.3 Å². The van der Waals surface area contributed by atoms with Gasteiger partial charge in [-0.15, -0.1) is 0 Å². The normalized spacial score (nSPS) is 14.4. The Bertz CT molecular complexity index is 794. The van der Waals surface area contributed by atoms with Crippen molar-refractivity contribution >= 4 is 33.4 Å². The van der Waals surface area contributed by atoms with Crippen LogP contribution in [0.2, 0.25) is 5.02 Å². The third-order valence-corrected chi connectivity index (χ3v) is 5.56. The van der Waals surface area contributed by atoms with Crippen LogP contribution in [0.25, 0.3) is 0 Å². The zero-order chi connectivity index (χ0) is 18.5. The number of nitrogens with one attached hydrogen (secondary N) is 1. The Morgan fingerprint density at radius 1 is 1.19 bits per heavy atom. The van der Waals surface area contributed by atoms with Gasteiger partial charge in [0.1, 0.15) is 5.75 Å². The summed E-state index contributed by atoms with van der Waals surface area (Å²) in [6.45, 7) is 2.03. The number of aryl methyl sites for hydroxylation is 2. The minimum atomic E-state index is -0.145. The van der Waals surface area contributed by atoms with Gasteiger partial charge in [-0.05, 0) is 67.0 Å². The molecule has 0 bridgehead atoms. The molecule has 0 fully saturated rings. The highest BCUT2D eigenvalue weighted by atomic mass is 79.9. The highest BCUT2D eigenvalue weighted by Gasteiger charge is 2.16. The van der Waals surface area contributed by atoms with Crippen molar-refractivity contribution in [3.8, 4) is 5.75 Å². The van der Waals surface area contributed by atoms with Crippen LogP contribution in [0, 0.1) is 0 Å². The quantitative estimate of drug-likeness (QED) is 0.637. The third-order valence-electron chi connectivity index (χ3n) is 4.77. The standard InChI is InChI=1S/C21H23BrClNO2/c1-2-19(16-8-7-14-5-3-4-6-15(14)11-16)24-21(25)13-26-20-10-9-17(22)12-18(20)23/h7-12,19H,2-6,13H2,1H3,(H,24,25). The molecule has 1 unspecified atom stereocenters. The maximum absolute atomic E-state index is 12.3. The van der Waals surface area contributed by atoms with E-state index in [9.17, 15) is 4.79 Å². The van der Waals surface area contributed by atoms with E-state index in [0.29, 0.717) is 10.8 Å². The summed E-state index contributed by atoms with van der Waals surface area (Å²) in [6.07, 6.45) is 5.67. The fraction of sp³-hybridized carbons (Fsp3) is 0.381. The van der Waals surface area contributed by atoms with E-state index >= 15 is 0 Å². The third kappa shape index (κ3) is 4.80. The predicted octanol–water partition coefficient (Wildman–Crippen LogP) is 5.63. The number of rotatable bonds is 6. The maximum Gasteiger partial charge on any atom is 0.258 e. The SMILES string of the molecule is CCC(NC(=O)COc1ccc(Br)cc1Cl)c1ccc2c(c1)CCCC2. The molecule has 0 heterocycles. The van der Waals surface area contributed by atoms with Gasteiger partial charge in [-0.3, -0.25) is 4.79 Å². The second kappa shape index (κ2) is 8.92. The molecule has 2 aromatic rings. The van der Waals surface area contributed by atoms with E-state index < -0.39 is 0 Å². The first-order chi connectivity index (χ1) is 12.6. The molecule has 0 aliphatic heterocycles. The molecule has 3 rings (SSSR count). The Morgan fingerprint density at radius 2 is 1.96 bits per heavy atom. The van der Waals surface area contributed by atoms with Gasteiger partial charge in [-0.1, -0.05) is 52.7 Å². The first-order valence-electron chi connectivity index (χ1n) is 9.05. The lowest BCUT2D eigenvalue weighted by Crippen LogP contribution is -2.32. The lowest BCUT2D eigenvalue weighted by atomic mass is 9.89. The highest BCUT2D eigenvalue weighted by molar-refractivity contribution is 9.10. The van der Waals surface area contributed by atoms with Gasteiger partial charge in [-0.25, -0.2) is 0 Å². The van der Waals surface area contributed by atoms with Gasteiger partial charge >= 0.3 is 0 Å². The molecule has 2 aromatic carbocycles. The first kappa shape index (κ1) is 19.2. The second-order valence-corrected chi connectivity index (χ2v) is 7.95. The molecule has 1 aliphatic rings. The molecule has 1 N–H and O–H groups in total. The van der Waals surface area contributed by atoms with Crippen LogP contribution in [0.1, 0.15) is 48.9 Å². The summed E-state index contributed by atoms with van der Waals surface area (Å²) in [5.41, 5.74) is 4.05. The van der Waals surface area contributed by atoms with Crippen LogP contribution in [0.15, 0.2) is 40.9 Å². The molecule has 0 saturated carbocycles. The number of carbonyl (C=O) groups is 1. The number of carbonyl (C=O) groups excluding carboxylic acids is 1. The summed E-state index contributed by atoms with van der Waals surface area (Å²) in [6, 6.07) is 12.0. The van der Waals surface area contributed by atoms with Crippen molar-refractivity contribution in [3.05, 3.63) is 62.6 Å². The Labute approximate surface area is 168 Å². The molecule has 138 valence electrons. The average molecular weight is 437 g/mol. The van der Waals surface area contributed by atoms with Crippen LogP contribution in [-0.2, 0) is 17.6 Å². The summed E-state index contributed by atoms with van der Waals surface area (Å²) in [5, 5.41) is 3.56. The van der Waals surface area contributed by atoms with Crippen molar-refractivity contribution in [2.45, 2.75) is 45.1 Å². The maximum atomic E-state index is 12.3. The molecule has 0 radical (unpaired) electrons. The van der Waals surface area contributed by atoms with Crippen molar-refractivity contribution in [2.24, 2.45) is 0 Å². The molecule has 0 saturated heterocycles. The Balaban J connectivity index is 1.61. The second-order valence-electron chi connectivity index (χ2n) is 6.63. The molecule has 0 aromatic heterocycles.